The van der Waals surface area contributed by atoms with E-state index in [0.717, 1.165) is 38.5 Å². The van der Waals surface area contributed by atoms with Crippen LogP contribution in [-0.4, -0.2) is 37.0 Å². The van der Waals surface area contributed by atoms with Crippen LogP contribution in [0.4, 0.5) is 0 Å². The molecule has 0 aliphatic rings. The molecule has 0 aromatic rings. The van der Waals surface area contributed by atoms with E-state index in [1.807, 2.05) is 0 Å². The number of carbonyl (C=O) groups is 2. The Morgan fingerprint density at radius 3 is 1.97 bits per heavy atom. The summed E-state index contributed by atoms with van der Waals surface area (Å²) in [4.78, 5) is 24.8. The number of hydrogen-bond acceptors (Lipinski definition) is 4. The SMILES string of the molecule is CCCCCCCCCCCC(=O)N[C@@H](CCCNC(=N)N)C(=O)OCCCCCC. The van der Waals surface area contributed by atoms with Crippen molar-refractivity contribution >= 4 is 17.8 Å². The van der Waals surface area contributed by atoms with Crippen LogP contribution < -0.4 is 16.4 Å². The molecule has 0 bridgehead atoms. The van der Waals surface area contributed by atoms with Gasteiger partial charge in [-0.1, -0.05) is 84.5 Å². The fourth-order valence-electron chi connectivity index (χ4n) is 3.44. The second kappa shape index (κ2) is 21.4. The molecule has 0 fully saturated rings. The first-order valence-electron chi connectivity index (χ1n) is 12.5. The van der Waals surface area contributed by atoms with Crippen molar-refractivity contribution in [1.82, 2.24) is 10.6 Å². The first kappa shape index (κ1) is 29.2. The molecule has 0 unspecified atom stereocenters. The highest BCUT2D eigenvalue weighted by molar-refractivity contribution is 5.84. The molecular weight excluding hydrogens is 392 g/mol. The van der Waals surface area contributed by atoms with E-state index in [9.17, 15) is 9.59 Å². The summed E-state index contributed by atoms with van der Waals surface area (Å²) in [5.41, 5.74) is 5.29. The van der Waals surface area contributed by atoms with Crippen molar-refractivity contribution < 1.29 is 14.3 Å². The highest BCUT2D eigenvalue weighted by Gasteiger charge is 2.21. The van der Waals surface area contributed by atoms with Gasteiger partial charge < -0.3 is 21.1 Å². The molecule has 0 aliphatic carbocycles. The lowest BCUT2D eigenvalue weighted by Crippen LogP contribution is -2.42. The summed E-state index contributed by atoms with van der Waals surface area (Å²) < 4.78 is 5.39. The van der Waals surface area contributed by atoms with Gasteiger partial charge in [0.2, 0.25) is 5.91 Å². The molecule has 1 atom stereocenters. The zero-order valence-corrected chi connectivity index (χ0v) is 20.1. The van der Waals surface area contributed by atoms with Crippen LogP contribution in [0.2, 0.25) is 0 Å². The molecule has 1 amide bonds. The quantitative estimate of drug-likeness (QED) is 0.0887. The molecule has 0 aromatic heterocycles. The van der Waals surface area contributed by atoms with Crippen LogP contribution in [0.25, 0.3) is 0 Å². The Morgan fingerprint density at radius 1 is 0.839 bits per heavy atom. The van der Waals surface area contributed by atoms with Gasteiger partial charge in [0.15, 0.2) is 5.96 Å². The predicted molar refractivity (Wildman–Crippen MR) is 128 cm³/mol. The maximum absolute atomic E-state index is 12.4. The zero-order valence-electron chi connectivity index (χ0n) is 20.1. The van der Waals surface area contributed by atoms with Crippen LogP contribution in [-0.2, 0) is 14.3 Å². The topological polar surface area (TPSA) is 117 Å². The van der Waals surface area contributed by atoms with Gasteiger partial charge in [0.1, 0.15) is 6.04 Å². The molecular formula is C24H48N4O3. The van der Waals surface area contributed by atoms with E-state index in [1.165, 1.54) is 44.9 Å². The lowest BCUT2D eigenvalue weighted by atomic mass is 10.1. The van der Waals surface area contributed by atoms with E-state index in [4.69, 9.17) is 15.9 Å². The van der Waals surface area contributed by atoms with Gasteiger partial charge >= 0.3 is 5.97 Å². The normalized spacial score (nSPS) is 11.7. The molecule has 0 saturated heterocycles. The fourth-order valence-corrected chi connectivity index (χ4v) is 3.44. The van der Waals surface area contributed by atoms with E-state index in [0.29, 0.717) is 32.4 Å². The van der Waals surface area contributed by atoms with Gasteiger partial charge in [-0.05, 0) is 25.7 Å². The largest absolute Gasteiger partial charge is 0.464 e. The molecule has 7 heteroatoms. The standard InChI is InChI=1S/C24H48N4O3/c1-3-5-7-9-10-11-12-13-14-18-22(29)28-21(17-16-19-27-24(25)26)23(30)31-20-15-8-6-4-2/h21H,3-20H2,1-2H3,(H,28,29)(H4,25,26,27)/t21-/m0/s1. The summed E-state index contributed by atoms with van der Waals surface area (Å²) in [6, 6.07) is -0.633. The Balaban J connectivity index is 4.16. The Hall–Kier alpha value is -1.79. The highest BCUT2D eigenvalue weighted by Crippen LogP contribution is 2.11. The number of nitrogens with one attached hydrogen (secondary N) is 3. The molecule has 0 aromatic carbocycles. The Labute approximate surface area is 190 Å². The number of rotatable bonds is 21. The van der Waals surface area contributed by atoms with Gasteiger partial charge in [0, 0.05) is 13.0 Å². The number of hydrogen-bond donors (Lipinski definition) is 4. The molecule has 7 nitrogen and oxygen atoms in total. The Bertz CT molecular complexity index is 472. The zero-order chi connectivity index (χ0) is 23.2. The van der Waals surface area contributed by atoms with Gasteiger partial charge in [-0.2, -0.15) is 0 Å². The third-order valence-corrected chi connectivity index (χ3v) is 5.35. The van der Waals surface area contributed by atoms with E-state index in [2.05, 4.69) is 24.5 Å². The van der Waals surface area contributed by atoms with Crippen LogP contribution in [0.1, 0.15) is 117 Å². The maximum atomic E-state index is 12.4. The predicted octanol–water partition coefficient (Wildman–Crippen LogP) is 4.78. The van der Waals surface area contributed by atoms with Crippen molar-refractivity contribution in [3.8, 4) is 0 Å². The van der Waals surface area contributed by atoms with Crippen LogP contribution in [0.15, 0.2) is 0 Å². The lowest BCUT2D eigenvalue weighted by molar-refractivity contribution is -0.148. The van der Waals surface area contributed by atoms with Crippen molar-refractivity contribution in [3.05, 3.63) is 0 Å². The summed E-state index contributed by atoms with van der Waals surface area (Å²) in [6.07, 6.45) is 16.5. The van der Waals surface area contributed by atoms with Crippen LogP contribution in [0.5, 0.6) is 0 Å². The second-order valence-corrected chi connectivity index (χ2v) is 8.41. The van der Waals surface area contributed by atoms with E-state index in [-0.39, 0.29) is 17.8 Å². The van der Waals surface area contributed by atoms with Crippen LogP contribution >= 0.6 is 0 Å². The minimum atomic E-state index is -0.633. The summed E-state index contributed by atoms with van der Waals surface area (Å²) >= 11 is 0. The van der Waals surface area contributed by atoms with Gasteiger partial charge in [0.05, 0.1) is 6.61 Å². The average molecular weight is 441 g/mol. The number of unbranched alkanes of at least 4 members (excludes halogenated alkanes) is 11. The summed E-state index contributed by atoms with van der Waals surface area (Å²) in [5.74, 6) is -0.542. The Kier molecular flexibility index (Phi) is 20.2. The van der Waals surface area contributed by atoms with Gasteiger partial charge in [-0.25, -0.2) is 4.79 Å². The van der Waals surface area contributed by atoms with E-state index in [1.54, 1.807) is 0 Å². The van der Waals surface area contributed by atoms with Crippen molar-refractivity contribution in [2.24, 2.45) is 5.73 Å². The number of guanidine groups is 1. The van der Waals surface area contributed by atoms with Crippen molar-refractivity contribution in [2.45, 2.75) is 123 Å². The molecule has 0 spiro atoms. The number of amides is 1. The molecule has 0 heterocycles. The molecule has 0 radical (unpaired) electrons. The summed E-state index contributed by atoms with van der Waals surface area (Å²) in [6.45, 7) is 5.26. The second-order valence-electron chi connectivity index (χ2n) is 8.41. The molecule has 0 rings (SSSR count). The number of ether oxygens (including phenoxy) is 1. The van der Waals surface area contributed by atoms with Crippen molar-refractivity contribution in [2.75, 3.05) is 13.2 Å². The third kappa shape index (κ3) is 19.9. The molecule has 5 N–H and O–H groups in total. The highest BCUT2D eigenvalue weighted by atomic mass is 16.5. The Morgan fingerprint density at radius 2 is 1.39 bits per heavy atom. The minimum Gasteiger partial charge on any atom is -0.464 e. The molecule has 0 aliphatic heterocycles. The summed E-state index contributed by atoms with van der Waals surface area (Å²) in [5, 5.41) is 12.8. The third-order valence-electron chi connectivity index (χ3n) is 5.35. The monoisotopic (exact) mass is 440 g/mol. The van der Waals surface area contributed by atoms with Crippen molar-refractivity contribution in [3.63, 3.8) is 0 Å². The number of nitrogens with two attached hydrogens (primary N) is 1. The molecule has 31 heavy (non-hydrogen) atoms. The minimum absolute atomic E-state index is 0.0876. The van der Waals surface area contributed by atoms with Gasteiger partial charge in [-0.3, -0.25) is 10.2 Å². The summed E-state index contributed by atoms with van der Waals surface area (Å²) in [7, 11) is 0. The maximum Gasteiger partial charge on any atom is 0.328 e. The first-order valence-corrected chi connectivity index (χ1v) is 12.5. The first-order chi connectivity index (χ1) is 15.0. The van der Waals surface area contributed by atoms with Gasteiger partial charge in [-0.15, -0.1) is 0 Å². The average Bonchev–Trinajstić information content (AvgIpc) is 2.74. The van der Waals surface area contributed by atoms with Crippen LogP contribution in [0, 0.1) is 5.41 Å². The lowest BCUT2D eigenvalue weighted by Gasteiger charge is -2.18. The van der Waals surface area contributed by atoms with Crippen LogP contribution in [0.3, 0.4) is 0 Å². The molecule has 0 saturated carbocycles. The number of esters is 1. The fraction of sp³-hybridized carbons (Fsp3) is 0.875. The number of carbonyl (C=O) groups excluding carboxylic acids is 2. The van der Waals surface area contributed by atoms with E-state index >= 15 is 0 Å². The smallest absolute Gasteiger partial charge is 0.328 e. The van der Waals surface area contributed by atoms with Gasteiger partial charge in [0.25, 0.3) is 0 Å². The van der Waals surface area contributed by atoms with Crippen molar-refractivity contribution in [1.29, 1.82) is 5.41 Å². The molecule has 182 valence electrons. The van der Waals surface area contributed by atoms with E-state index < -0.39 is 6.04 Å².